The largest absolute Gasteiger partial charge is 0.469 e. The highest BCUT2D eigenvalue weighted by atomic mass is 19.4. The minimum absolute atomic E-state index is 0.0202. The number of rotatable bonds is 4. The molecule has 0 atom stereocenters. The first-order valence-electron chi connectivity index (χ1n) is 7.05. The number of nitrogens with one attached hydrogen (secondary N) is 1. The van der Waals surface area contributed by atoms with Crippen molar-refractivity contribution in [2.24, 2.45) is 5.41 Å². The lowest BCUT2D eigenvalue weighted by Crippen LogP contribution is -2.51. The second-order valence-electron chi connectivity index (χ2n) is 6.36. The number of nitrogens with zero attached hydrogens (tertiary/aromatic N) is 4. The molecule has 0 bridgehead atoms. The summed E-state index contributed by atoms with van der Waals surface area (Å²) >= 11 is 0. The van der Waals surface area contributed by atoms with Crippen LogP contribution in [0.5, 0.6) is 0 Å². The summed E-state index contributed by atoms with van der Waals surface area (Å²) in [5.74, 6) is -0.675. The molecule has 0 aromatic carbocycles. The fourth-order valence-electron chi connectivity index (χ4n) is 2.03. The van der Waals surface area contributed by atoms with Gasteiger partial charge in [0.15, 0.2) is 5.69 Å². The first-order chi connectivity index (χ1) is 10.9. The van der Waals surface area contributed by atoms with E-state index < -0.39 is 28.8 Å². The van der Waals surface area contributed by atoms with Crippen LogP contribution in [0.15, 0.2) is 12.4 Å². The van der Waals surface area contributed by atoms with E-state index in [9.17, 15) is 18.0 Å². The van der Waals surface area contributed by atoms with Crippen LogP contribution < -0.4 is 5.32 Å². The van der Waals surface area contributed by atoms with E-state index in [2.05, 4.69) is 20.4 Å². The van der Waals surface area contributed by atoms with Gasteiger partial charge in [-0.1, -0.05) is 0 Å². The number of ether oxygens (including phenoxy) is 1. The lowest BCUT2D eigenvalue weighted by Gasteiger charge is -2.40. The number of anilines is 1. The van der Waals surface area contributed by atoms with Crippen molar-refractivity contribution in [3.8, 4) is 0 Å². The quantitative estimate of drug-likeness (QED) is 0.858. The summed E-state index contributed by atoms with van der Waals surface area (Å²) in [4.78, 5) is 19.2. The van der Waals surface area contributed by atoms with Crippen LogP contribution in [0.25, 0.3) is 5.78 Å². The van der Waals surface area contributed by atoms with Crippen LogP contribution in [-0.2, 0) is 15.7 Å². The molecule has 2 heterocycles. The molecule has 0 unspecified atom stereocenters. The third-order valence-electron chi connectivity index (χ3n) is 4.24. The number of fused-ring (bicyclic) bond motifs is 1. The fourth-order valence-corrected chi connectivity index (χ4v) is 2.03. The number of halogens is 3. The van der Waals surface area contributed by atoms with Crippen molar-refractivity contribution in [2.75, 3.05) is 12.4 Å². The SMILES string of the molecule is COC(=O)C(C)(C)C(C)(C)Nc1cc(C(F)(F)F)nc2ncnn12. The molecule has 0 radical (unpaired) electrons. The minimum Gasteiger partial charge on any atom is -0.469 e. The van der Waals surface area contributed by atoms with E-state index in [4.69, 9.17) is 4.74 Å². The first kappa shape index (κ1) is 18.0. The van der Waals surface area contributed by atoms with Crippen molar-refractivity contribution in [3.63, 3.8) is 0 Å². The molecule has 0 aliphatic heterocycles. The van der Waals surface area contributed by atoms with E-state index in [1.807, 2.05) is 0 Å². The highest BCUT2D eigenvalue weighted by Gasteiger charge is 2.45. The Hall–Kier alpha value is -2.39. The second kappa shape index (κ2) is 5.60. The maximum absolute atomic E-state index is 13.0. The Morgan fingerprint density at radius 2 is 1.88 bits per heavy atom. The number of aromatic nitrogens is 4. The standard InChI is InChI=1S/C14H18F3N5O2/c1-12(2,10(23)24-5)13(3,4)21-9-6-8(14(15,16)17)20-11-18-7-19-22(9)11/h6-7,21H,1-5H3. The van der Waals surface area contributed by atoms with Crippen LogP contribution in [0.3, 0.4) is 0 Å². The normalized spacial score (nSPS) is 13.2. The van der Waals surface area contributed by atoms with E-state index in [1.54, 1.807) is 27.7 Å². The van der Waals surface area contributed by atoms with Gasteiger partial charge in [-0.3, -0.25) is 4.79 Å². The summed E-state index contributed by atoms with van der Waals surface area (Å²) in [7, 11) is 1.25. The molecule has 0 fully saturated rings. The fraction of sp³-hybridized carbons (Fsp3) is 0.571. The van der Waals surface area contributed by atoms with Gasteiger partial charge in [0.25, 0.3) is 5.78 Å². The van der Waals surface area contributed by atoms with Gasteiger partial charge in [0, 0.05) is 11.6 Å². The van der Waals surface area contributed by atoms with Gasteiger partial charge in [-0.2, -0.15) is 27.8 Å². The Balaban J connectivity index is 2.52. The van der Waals surface area contributed by atoms with Gasteiger partial charge in [0.2, 0.25) is 0 Å². The van der Waals surface area contributed by atoms with E-state index >= 15 is 0 Å². The summed E-state index contributed by atoms with van der Waals surface area (Å²) in [6.07, 6.45) is -3.53. The molecule has 0 saturated carbocycles. The molecular weight excluding hydrogens is 327 g/mol. The van der Waals surface area contributed by atoms with Crippen molar-refractivity contribution in [2.45, 2.75) is 39.4 Å². The maximum atomic E-state index is 13.0. The van der Waals surface area contributed by atoms with Gasteiger partial charge in [0.05, 0.1) is 12.5 Å². The molecule has 24 heavy (non-hydrogen) atoms. The molecule has 1 N–H and O–H groups in total. The third kappa shape index (κ3) is 3.00. The van der Waals surface area contributed by atoms with E-state index in [0.29, 0.717) is 0 Å². The summed E-state index contributed by atoms with van der Waals surface area (Å²) in [6.45, 7) is 6.63. The van der Waals surface area contributed by atoms with Crippen LogP contribution in [0.2, 0.25) is 0 Å². The van der Waals surface area contributed by atoms with Crippen LogP contribution >= 0.6 is 0 Å². The predicted octanol–water partition coefficient (Wildman–Crippen LogP) is 2.53. The summed E-state index contributed by atoms with van der Waals surface area (Å²) in [6, 6.07) is 0.830. The number of carbonyl (C=O) groups excluding carboxylic acids is 1. The molecule has 132 valence electrons. The number of methoxy groups -OCH3 is 1. The van der Waals surface area contributed by atoms with E-state index in [-0.39, 0.29) is 11.6 Å². The van der Waals surface area contributed by atoms with Crippen LogP contribution in [-0.4, -0.2) is 38.2 Å². The van der Waals surface area contributed by atoms with Crippen molar-refractivity contribution in [1.29, 1.82) is 0 Å². The lowest BCUT2D eigenvalue weighted by molar-refractivity contribution is -0.153. The van der Waals surface area contributed by atoms with Crippen LogP contribution in [0.4, 0.5) is 19.0 Å². The highest BCUT2D eigenvalue weighted by molar-refractivity contribution is 5.78. The van der Waals surface area contributed by atoms with Crippen molar-refractivity contribution < 1.29 is 22.7 Å². The molecule has 0 spiro atoms. The molecule has 7 nitrogen and oxygen atoms in total. The zero-order valence-corrected chi connectivity index (χ0v) is 13.9. The van der Waals surface area contributed by atoms with Gasteiger partial charge >= 0.3 is 12.1 Å². The molecule has 0 aliphatic carbocycles. The Bertz CT molecular complexity index is 767. The van der Waals surface area contributed by atoms with Gasteiger partial charge in [-0.25, -0.2) is 4.98 Å². The van der Waals surface area contributed by atoms with Gasteiger partial charge in [-0.15, -0.1) is 0 Å². The Morgan fingerprint density at radius 3 is 2.42 bits per heavy atom. The summed E-state index contributed by atoms with van der Waals surface area (Å²) < 4.78 is 45.0. The van der Waals surface area contributed by atoms with Gasteiger partial charge in [-0.05, 0) is 27.7 Å². The average molecular weight is 345 g/mol. The average Bonchev–Trinajstić information content (AvgIpc) is 2.93. The van der Waals surface area contributed by atoms with Crippen molar-refractivity contribution >= 4 is 17.6 Å². The smallest absolute Gasteiger partial charge is 0.433 e. The van der Waals surface area contributed by atoms with Crippen molar-refractivity contribution in [3.05, 3.63) is 18.1 Å². The maximum Gasteiger partial charge on any atom is 0.433 e. The molecular formula is C14H18F3N5O2. The van der Waals surface area contributed by atoms with E-state index in [1.165, 1.54) is 7.11 Å². The van der Waals surface area contributed by atoms with E-state index in [0.717, 1.165) is 16.9 Å². The molecule has 0 aliphatic rings. The molecule has 0 saturated heterocycles. The van der Waals surface area contributed by atoms with Gasteiger partial charge < -0.3 is 10.1 Å². The Kier molecular flexibility index (Phi) is 4.19. The molecule has 10 heteroatoms. The van der Waals surface area contributed by atoms with Crippen LogP contribution in [0, 0.1) is 5.41 Å². The highest BCUT2D eigenvalue weighted by Crippen LogP contribution is 2.36. The summed E-state index contributed by atoms with van der Waals surface area (Å²) in [5.41, 5.74) is -3.09. The summed E-state index contributed by atoms with van der Waals surface area (Å²) in [5, 5.41) is 6.81. The molecule has 2 aromatic heterocycles. The van der Waals surface area contributed by atoms with Gasteiger partial charge in [0.1, 0.15) is 12.1 Å². The second-order valence-corrected chi connectivity index (χ2v) is 6.36. The minimum atomic E-state index is -4.63. The monoisotopic (exact) mass is 345 g/mol. The topological polar surface area (TPSA) is 81.4 Å². The first-order valence-corrected chi connectivity index (χ1v) is 7.05. The molecule has 2 rings (SSSR count). The Morgan fingerprint density at radius 1 is 1.25 bits per heavy atom. The lowest BCUT2D eigenvalue weighted by atomic mass is 9.74. The Labute approximate surface area is 136 Å². The third-order valence-corrected chi connectivity index (χ3v) is 4.24. The number of hydrogen-bond acceptors (Lipinski definition) is 6. The predicted molar refractivity (Wildman–Crippen MR) is 79.3 cm³/mol. The zero-order chi connectivity index (χ0) is 18.3. The number of alkyl halides is 3. The number of carbonyl (C=O) groups is 1. The zero-order valence-electron chi connectivity index (χ0n) is 13.9. The number of esters is 1. The van der Waals surface area contributed by atoms with Crippen LogP contribution in [0.1, 0.15) is 33.4 Å². The molecule has 2 aromatic rings. The van der Waals surface area contributed by atoms with Crippen molar-refractivity contribution in [1.82, 2.24) is 19.6 Å². The number of hydrogen-bond donors (Lipinski definition) is 1. The molecule has 0 amide bonds.